The summed E-state index contributed by atoms with van der Waals surface area (Å²) in [6, 6.07) is 3.29. The van der Waals surface area contributed by atoms with Crippen LogP contribution in [0.25, 0.3) is 4.85 Å². The third-order valence-electron chi connectivity index (χ3n) is 1.07. The molecule has 0 unspecified atom stereocenters. The highest BCUT2D eigenvalue weighted by molar-refractivity contribution is 5.40. The summed E-state index contributed by atoms with van der Waals surface area (Å²) in [5, 5.41) is 0. The molecule has 0 aliphatic carbocycles. The van der Waals surface area contributed by atoms with Crippen molar-refractivity contribution in [3.8, 4) is 5.75 Å². The van der Waals surface area contributed by atoms with Crippen molar-refractivity contribution < 1.29 is 4.74 Å². The molecule has 1 aromatic rings. The Morgan fingerprint density at radius 1 is 1.70 bits per heavy atom. The largest absolute Gasteiger partial charge is 0.498 e. The molecule has 0 aliphatic heterocycles. The maximum Gasteiger partial charge on any atom is 0.273 e. The van der Waals surface area contributed by atoms with Gasteiger partial charge in [-0.1, -0.05) is 6.57 Å². The highest BCUT2D eigenvalue weighted by Gasteiger charge is 1.93. The van der Waals surface area contributed by atoms with Gasteiger partial charge in [0.15, 0.2) is 0 Å². The lowest BCUT2D eigenvalue weighted by molar-refractivity contribution is 0.414. The molecule has 0 saturated heterocycles. The molecule has 0 fully saturated rings. The highest BCUT2D eigenvalue weighted by Crippen LogP contribution is 2.15. The van der Waals surface area contributed by atoms with E-state index >= 15 is 0 Å². The van der Waals surface area contributed by atoms with Gasteiger partial charge in [0.1, 0.15) is 11.9 Å². The third-order valence-corrected chi connectivity index (χ3v) is 1.07. The van der Waals surface area contributed by atoms with Crippen LogP contribution in [0.5, 0.6) is 5.75 Å². The van der Waals surface area contributed by atoms with Gasteiger partial charge in [-0.3, -0.25) is 0 Å². The molecule has 1 heterocycles. The number of pyridine rings is 1. The van der Waals surface area contributed by atoms with Gasteiger partial charge < -0.3 is 9.58 Å². The van der Waals surface area contributed by atoms with Crippen molar-refractivity contribution in [2.75, 3.05) is 7.11 Å². The molecule has 1 aromatic heterocycles. The minimum Gasteiger partial charge on any atom is -0.498 e. The van der Waals surface area contributed by atoms with Crippen LogP contribution in [0.2, 0.25) is 0 Å². The van der Waals surface area contributed by atoms with Gasteiger partial charge in [-0.25, -0.2) is 0 Å². The van der Waals surface area contributed by atoms with Crippen LogP contribution >= 0.6 is 0 Å². The van der Waals surface area contributed by atoms with Crippen molar-refractivity contribution >= 4 is 5.82 Å². The molecule has 50 valence electrons. The van der Waals surface area contributed by atoms with Crippen LogP contribution in [-0.4, -0.2) is 12.1 Å². The van der Waals surface area contributed by atoms with E-state index in [2.05, 4.69) is 9.83 Å². The van der Waals surface area contributed by atoms with E-state index in [1.807, 2.05) is 0 Å². The molecule has 0 radical (unpaired) electrons. The predicted octanol–water partition coefficient (Wildman–Crippen LogP) is 1.64. The number of hydrogen-bond acceptors (Lipinski definition) is 2. The summed E-state index contributed by atoms with van der Waals surface area (Å²) in [6.45, 7) is 6.62. The summed E-state index contributed by atoms with van der Waals surface area (Å²) < 4.78 is 4.87. The fourth-order valence-corrected chi connectivity index (χ4v) is 0.588. The Hall–Kier alpha value is -1.56. The van der Waals surface area contributed by atoms with Crippen LogP contribution in [0.4, 0.5) is 5.82 Å². The minimum absolute atomic E-state index is 0.361. The minimum atomic E-state index is 0.361. The maximum absolute atomic E-state index is 6.62. The van der Waals surface area contributed by atoms with Gasteiger partial charge in [-0.2, -0.15) is 0 Å². The van der Waals surface area contributed by atoms with Gasteiger partial charge >= 0.3 is 0 Å². The van der Waals surface area contributed by atoms with Crippen molar-refractivity contribution in [2.24, 2.45) is 0 Å². The number of nitrogens with zero attached hydrogens (tertiary/aromatic N) is 2. The van der Waals surface area contributed by atoms with Gasteiger partial charge in [0.25, 0.3) is 5.82 Å². The molecule has 0 bridgehead atoms. The van der Waals surface area contributed by atoms with Crippen LogP contribution in [0, 0.1) is 6.57 Å². The molecular formula is C7H6N2O. The number of rotatable bonds is 1. The van der Waals surface area contributed by atoms with E-state index in [1.54, 1.807) is 25.4 Å². The van der Waals surface area contributed by atoms with Crippen LogP contribution in [0.15, 0.2) is 18.3 Å². The normalized spacial score (nSPS) is 8.40. The maximum atomic E-state index is 6.62. The molecule has 0 saturated carbocycles. The molecule has 0 aromatic carbocycles. The predicted molar refractivity (Wildman–Crippen MR) is 37.1 cm³/mol. The van der Waals surface area contributed by atoms with Gasteiger partial charge in [-0.15, -0.1) is 4.98 Å². The second-order valence-corrected chi connectivity index (χ2v) is 1.67. The zero-order valence-electron chi connectivity index (χ0n) is 5.53. The van der Waals surface area contributed by atoms with Crippen LogP contribution < -0.4 is 4.74 Å². The van der Waals surface area contributed by atoms with E-state index in [0.717, 1.165) is 0 Å². The topological polar surface area (TPSA) is 26.5 Å². The molecule has 0 aliphatic rings. The van der Waals surface area contributed by atoms with E-state index < -0.39 is 0 Å². The van der Waals surface area contributed by atoms with Crippen LogP contribution in [0.3, 0.4) is 0 Å². The van der Waals surface area contributed by atoms with Gasteiger partial charge in [0, 0.05) is 12.1 Å². The lowest BCUT2D eigenvalue weighted by Gasteiger charge is -1.95. The van der Waals surface area contributed by atoms with Crippen molar-refractivity contribution in [3.63, 3.8) is 0 Å². The molecule has 1 rings (SSSR count). The van der Waals surface area contributed by atoms with Crippen LogP contribution in [-0.2, 0) is 0 Å². The van der Waals surface area contributed by atoms with E-state index in [4.69, 9.17) is 11.3 Å². The molecule has 3 heteroatoms. The lowest BCUT2D eigenvalue weighted by Crippen LogP contribution is -1.81. The van der Waals surface area contributed by atoms with Gasteiger partial charge in [-0.05, 0) is 0 Å². The van der Waals surface area contributed by atoms with Crippen molar-refractivity contribution in [1.29, 1.82) is 0 Å². The summed E-state index contributed by atoms with van der Waals surface area (Å²) >= 11 is 0. The Morgan fingerprint density at radius 3 is 3.10 bits per heavy atom. The Balaban J connectivity index is 3.01. The molecule has 10 heavy (non-hydrogen) atoms. The van der Waals surface area contributed by atoms with E-state index in [0.29, 0.717) is 11.6 Å². The quantitative estimate of drug-likeness (QED) is 0.546. The summed E-state index contributed by atoms with van der Waals surface area (Å²) in [5.41, 5.74) is 0. The molecule has 0 atom stereocenters. The highest BCUT2D eigenvalue weighted by atomic mass is 16.5. The van der Waals surface area contributed by atoms with Crippen molar-refractivity contribution in [2.45, 2.75) is 0 Å². The number of aromatic nitrogens is 1. The zero-order chi connectivity index (χ0) is 7.40. The number of hydrogen-bond donors (Lipinski definition) is 0. The van der Waals surface area contributed by atoms with E-state index in [1.165, 1.54) is 0 Å². The first-order valence-electron chi connectivity index (χ1n) is 2.74. The summed E-state index contributed by atoms with van der Waals surface area (Å²) in [5.74, 6) is 1.03. The Morgan fingerprint density at radius 2 is 2.50 bits per heavy atom. The standard InChI is InChI=1S/C7H6N2O/c1-8-7-5-6(10-2)3-4-9-7/h3-5H,2H3. The fourth-order valence-electron chi connectivity index (χ4n) is 0.588. The fraction of sp³-hybridized carbons (Fsp3) is 0.143. The number of methoxy groups -OCH3 is 1. The summed E-state index contributed by atoms with van der Waals surface area (Å²) in [7, 11) is 1.56. The van der Waals surface area contributed by atoms with Crippen molar-refractivity contribution in [3.05, 3.63) is 29.7 Å². The molecular weight excluding hydrogens is 128 g/mol. The van der Waals surface area contributed by atoms with Crippen molar-refractivity contribution in [1.82, 2.24) is 4.98 Å². The summed E-state index contributed by atoms with van der Waals surface area (Å²) in [4.78, 5) is 6.91. The molecule has 0 amide bonds. The van der Waals surface area contributed by atoms with E-state index in [-0.39, 0.29) is 0 Å². The van der Waals surface area contributed by atoms with Gasteiger partial charge in [0.05, 0.1) is 7.11 Å². The second-order valence-electron chi connectivity index (χ2n) is 1.67. The average molecular weight is 134 g/mol. The molecule has 3 nitrogen and oxygen atoms in total. The molecule has 0 N–H and O–H groups in total. The van der Waals surface area contributed by atoms with E-state index in [9.17, 15) is 0 Å². The first-order valence-corrected chi connectivity index (χ1v) is 2.74. The smallest absolute Gasteiger partial charge is 0.273 e. The third kappa shape index (κ3) is 1.23. The van der Waals surface area contributed by atoms with Gasteiger partial charge in [0.2, 0.25) is 0 Å². The Kier molecular flexibility index (Phi) is 1.86. The summed E-state index contributed by atoms with van der Waals surface area (Å²) in [6.07, 6.45) is 1.55. The average Bonchev–Trinajstić information content (AvgIpc) is 2.05. The van der Waals surface area contributed by atoms with Crippen LogP contribution in [0.1, 0.15) is 0 Å². The second kappa shape index (κ2) is 2.83. The monoisotopic (exact) mass is 134 g/mol. The number of ether oxygens (including phenoxy) is 1. The first kappa shape index (κ1) is 6.56. The SMILES string of the molecule is [C-]#[N+]c1cc(OC)ccn1. The Labute approximate surface area is 59.1 Å². The zero-order valence-corrected chi connectivity index (χ0v) is 5.53. The Bertz CT molecular complexity index is 265. The lowest BCUT2D eigenvalue weighted by atomic mass is 10.4. The first-order chi connectivity index (χ1) is 4.86. The molecule has 0 spiro atoms.